The van der Waals surface area contributed by atoms with Crippen molar-refractivity contribution in [3.63, 3.8) is 0 Å². The number of nitrogens with two attached hydrogens (primary N) is 1. The molecule has 2 rings (SSSR count). The zero-order chi connectivity index (χ0) is 16.2. The van der Waals surface area contributed by atoms with Crippen LogP contribution < -0.4 is 10.5 Å². The van der Waals surface area contributed by atoms with Gasteiger partial charge in [0.1, 0.15) is 5.75 Å². The van der Waals surface area contributed by atoms with Gasteiger partial charge in [0, 0.05) is 5.92 Å². The molecule has 2 aromatic carbocycles. The first-order chi connectivity index (χ1) is 10.5. The highest BCUT2D eigenvalue weighted by Crippen LogP contribution is 2.33. The quantitative estimate of drug-likeness (QED) is 0.898. The van der Waals surface area contributed by atoms with Gasteiger partial charge in [0.2, 0.25) is 0 Å². The number of benzene rings is 2. The van der Waals surface area contributed by atoms with Crippen LogP contribution in [0.5, 0.6) is 5.75 Å². The molecule has 0 spiro atoms. The van der Waals surface area contributed by atoms with Crippen molar-refractivity contribution in [2.45, 2.75) is 18.5 Å². The predicted molar refractivity (Wildman–Crippen MR) is 80.0 cm³/mol. The Kier molecular flexibility index (Phi) is 5.08. The Bertz CT molecular complexity index is 608. The van der Waals surface area contributed by atoms with Crippen LogP contribution in [0, 0.1) is 0 Å². The molecule has 0 saturated carbocycles. The largest absolute Gasteiger partial charge is 0.497 e. The molecule has 0 aliphatic carbocycles. The second kappa shape index (κ2) is 6.83. The van der Waals surface area contributed by atoms with Gasteiger partial charge in [0.25, 0.3) is 0 Å². The van der Waals surface area contributed by atoms with Crippen molar-refractivity contribution in [1.29, 1.82) is 0 Å². The van der Waals surface area contributed by atoms with Gasteiger partial charge in [-0.05, 0) is 48.4 Å². The molecule has 1 atom stereocenters. The number of ether oxygens (including phenoxy) is 1. The monoisotopic (exact) mass is 309 g/mol. The van der Waals surface area contributed by atoms with Crippen molar-refractivity contribution in [3.05, 3.63) is 65.2 Å². The predicted octanol–water partition coefficient (Wildman–Crippen LogP) is 4.19. The van der Waals surface area contributed by atoms with E-state index in [1.807, 2.05) is 24.3 Å². The summed E-state index contributed by atoms with van der Waals surface area (Å²) >= 11 is 0. The highest BCUT2D eigenvalue weighted by molar-refractivity contribution is 5.38. The van der Waals surface area contributed by atoms with Crippen LogP contribution in [0.4, 0.5) is 13.2 Å². The van der Waals surface area contributed by atoms with E-state index >= 15 is 0 Å². The van der Waals surface area contributed by atoms with Gasteiger partial charge in [-0.25, -0.2) is 0 Å². The Labute approximate surface area is 127 Å². The molecule has 0 aromatic heterocycles. The Morgan fingerprint density at radius 3 is 2.27 bits per heavy atom. The van der Waals surface area contributed by atoms with E-state index in [1.54, 1.807) is 7.11 Å². The second-order valence-electron chi connectivity index (χ2n) is 5.03. The fourth-order valence-corrected chi connectivity index (χ4v) is 2.46. The van der Waals surface area contributed by atoms with Gasteiger partial charge in [-0.3, -0.25) is 0 Å². The van der Waals surface area contributed by atoms with Crippen LogP contribution in [0.2, 0.25) is 0 Å². The van der Waals surface area contributed by atoms with Gasteiger partial charge >= 0.3 is 6.18 Å². The van der Waals surface area contributed by atoms with Crippen LogP contribution in [0.15, 0.2) is 48.5 Å². The molecule has 0 amide bonds. The Morgan fingerprint density at radius 2 is 1.73 bits per heavy atom. The lowest BCUT2D eigenvalue weighted by molar-refractivity contribution is -0.137. The molecule has 5 heteroatoms. The van der Waals surface area contributed by atoms with Crippen LogP contribution in [0.25, 0.3) is 0 Å². The topological polar surface area (TPSA) is 35.2 Å². The van der Waals surface area contributed by atoms with Gasteiger partial charge < -0.3 is 10.5 Å². The number of hydrogen-bond donors (Lipinski definition) is 1. The van der Waals surface area contributed by atoms with Gasteiger partial charge in [0.05, 0.1) is 12.7 Å². The van der Waals surface area contributed by atoms with Crippen molar-refractivity contribution in [3.8, 4) is 5.75 Å². The number of rotatable bonds is 5. The molecular weight excluding hydrogens is 291 g/mol. The molecule has 22 heavy (non-hydrogen) atoms. The summed E-state index contributed by atoms with van der Waals surface area (Å²) in [4.78, 5) is 0. The fraction of sp³-hybridized carbons (Fsp3) is 0.294. The molecule has 0 radical (unpaired) electrons. The van der Waals surface area contributed by atoms with Crippen LogP contribution in [0.3, 0.4) is 0 Å². The first-order valence-corrected chi connectivity index (χ1v) is 6.97. The minimum absolute atomic E-state index is 0.0533. The smallest absolute Gasteiger partial charge is 0.416 e. The van der Waals surface area contributed by atoms with Crippen molar-refractivity contribution < 1.29 is 17.9 Å². The molecule has 0 aliphatic rings. The van der Waals surface area contributed by atoms with E-state index in [9.17, 15) is 13.2 Å². The highest BCUT2D eigenvalue weighted by Gasteiger charge is 2.30. The van der Waals surface area contributed by atoms with E-state index in [0.717, 1.165) is 23.3 Å². The maximum atomic E-state index is 12.7. The molecule has 0 heterocycles. The summed E-state index contributed by atoms with van der Waals surface area (Å²) < 4.78 is 43.2. The lowest BCUT2D eigenvalue weighted by atomic mass is 9.88. The van der Waals surface area contributed by atoms with Crippen molar-refractivity contribution >= 4 is 0 Å². The summed E-state index contributed by atoms with van der Waals surface area (Å²) in [5.74, 6) is 0.661. The molecule has 2 aromatic rings. The minimum Gasteiger partial charge on any atom is -0.497 e. The van der Waals surface area contributed by atoms with Gasteiger partial charge in [0.15, 0.2) is 0 Å². The summed E-state index contributed by atoms with van der Waals surface area (Å²) in [5.41, 5.74) is 6.81. The zero-order valence-corrected chi connectivity index (χ0v) is 12.2. The van der Waals surface area contributed by atoms with Crippen molar-refractivity contribution in [1.82, 2.24) is 0 Å². The van der Waals surface area contributed by atoms with Gasteiger partial charge in [-0.1, -0.05) is 24.3 Å². The summed E-state index contributed by atoms with van der Waals surface area (Å²) in [6.07, 6.45) is -3.67. The Morgan fingerprint density at radius 1 is 1.05 bits per heavy atom. The number of alkyl halides is 3. The van der Waals surface area contributed by atoms with Crippen LogP contribution >= 0.6 is 0 Å². The Hall–Kier alpha value is -2.01. The summed E-state index contributed by atoms with van der Waals surface area (Å²) in [5, 5.41) is 0. The SMILES string of the molecule is COc1cccc(C(CCN)c2ccc(C(F)(F)F)cc2)c1. The lowest BCUT2D eigenvalue weighted by Crippen LogP contribution is -2.10. The second-order valence-corrected chi connectivity index (χ2v) is 5.03. The average molecular weight is 309 g/mol. The van der Waals surface area contributed by atoms with E-state index in [0.29, 0.717) is 18.7 Å². The number of hydrogen-bond acceptors (Lipinski definition) is 2. The third-order valence-electron chi connectivity index (χ3n) is 3.59. The summed E-state index contributed by atoms with van der Waals surface area (Å²) in [6.45, 7) is 0.447. The fourth-order valence-electron chi connectivity index (χ4n) is 2.46. The van der Waals surface area contributed by atoms with Crippen LogP contribution in [-0.4, -0.2) is 13.7 Å². The van der Waals surface area contributed by atoms with Gasteiger partial charge in [-0.2, -0.15) is 13.2 Å². The number of halogens is 3. The van der Waals surface area contributed by atoms with E-state index in [-0.39, 0.29) is 5.92 Å². The minimum atomic E-state index is -4.32. The van der Waals surface area contributed by atoms with E-state index in [1.165, 1.54) is 12.1 Å². The van der Waals surface area contributed by atoms with Crippen molar-refractivity contribution in [2.24, 2.45) is 5.73 Å². The molecule has 0 fully saturated rings. The summed E-state index contributed by atoms with van der Waals surface area (Å²) in [7, 11) is 1.58. The summed E-state index contributed by atoms with van der Waals surface area (Å²) in [6, 6.07) is 12.8. The molecule has 0 aliphatic heterocycles. The standard InChI is InChI=1S/C17H18F3NO/c1-22-15-4-2-3-13(11-15)16(9-10-21)12-5-7-14(8-6-12)17(18,19)20/h2-8,11,16H,9-10,21H2,1H3. The molecule has 118 valence electrons. The third kappa shape index (κ3) is 3.80. The maximum Gasteiger partial charge on any atom is 0.416 e. The van der Waals surface area contributed by atoms with E-state index < -0.39 is 11.7 Å². The molecule has 0 bridgehead atoms. The maximum absolute atomic E-state index is 12.7. The average Bonchev–Trinajstić information content (AvgIpc) is 2.52. The normalized spacial score (nSPS) is 13.0. The molecule has 1 unspecified atom stereocenters. The van der Waals surface area contributed by atoms with Crippen LogP contribution in [0.1, 0.15) is 29.0 Å². The Balaban J connectivity index is 2.35. The zero-order valence-electron chi connectivity index (χ0n) is 12.2. The first kappa shape index (κ1) is 16.4. The van der Waals surface area contributed by atoms with Crippen molar-refractivity contribution in [2.75, 3.05) is 13.7 Å². The van der Waals surface area contributed by atoms with E-state index in [4.69, 9.17) is 10.5 Å². The van der Waals surface area contributed by atoms with E-state index in [2.05, 4.69) is 0 Å². The molecule has 0 saturated heterocycles. The lowest BCUT2D eigenvalue weighted by Gasteiger charge is -2.18. The third-order valence-corrected chi connectivity index (χ3v) is 3.59. The molecule has 2 nitrogen and oxygen atoms in total. The molecule has 2 N–H and O–H groups in total. The molecular formula is C17H18F3NO. The highest BCUT2D eigenvalue weighted by atomic mass is 19.4. The number of methoxy groups -OCH3 is 1. The van der Waals surface area contributed by atoms with Crippen LogP contribution in [-0.2, 0) is 6.18 Å². The first-order valence-electron chi connectivity index (χ1n) is 6.97. The van der Waals surface area contributed by atoms with Gasteiger partial charge in [-0.15, -0.1) is 0 Å².